The number of benzene rings is 2. The van der Waals surface area contributed by atoms with Crippen LogP contribution < -0.4 is 10.2 Å². The summed E-state index contributed by atoms with van der Waals surface area (Å²) >= 11 is 1.60. The molecule has 1 fully saturated rings. The van der Waals surface area contributed by atoms with Crippen molar-refractivity contribution in [1.82, 2.24) is 5.32 Å². The maximum absolute atomic E-state index is 12.3. The number of ether oxygens (including phenoxy) is 1. The number of carbonyl (C=O) groups is 4. The molecule has 0 spiro atoms. The number of imide groups is 1. The second-order valence-corrected chi connectivity index (χ2v) is 7.72. The normalized spacial score (nSPS) is 15.7. The number of anilines is 1. The molecule has 7 nitrogen and oxygen atoms in total. The van der Waals surface area contributed by atoms with E-state index in [-0.39, 0.29) is 25.3 Å². The van der Waals surface area contributed by atoms with Gasteiger partial charge < -0.3 is 9.64 Å². The molecule has 0 aromatic heterocycles. The van der Waals surface area contributed by atoms with Crippen LogP contribution in [-0.4, -0.2) is 43.1 Å². The lowest BCUT2D eigenvalue weighted by atomic mass is 10.1. The van der Waals surface area contributed by atoms with Gasteiger partial charge >= 0.3 is 5.97 Å². The summed E-state index contributed by atoms with van der Waals surface area (Å²) in [7, 11) is 0. The van der Waals surface area contributed by atoms with Gasteiger partial charge in [0.05, 0.1) is 12.3 Å². The number of amides is 3. The Morgan fingerprint density at radius 2 is 1.77 bits per heavy atom. The molecular weight excluding hydrogens is 404 g/mol. The monoisotopic (exact) mass is 426 g/mol. The minimum Gasteiger partial charge on any atom is -0.455 e. The van der Waals surface area contributed by atoms with Gasteiger partial charge in [-0.1, -0.05) is 30.3 Å². The Bertz CT molecular complexity index is 930. The van der Waals surface area contributed by atoms with Gasteiger partial charge in [-0.25, -0.2) is 0 Å². The molecule has 1 aliphatic heterocycles. The summed E-state index contributed by atoms with van der Waals surface area (Å²) < 4.78 is 5.02. The smallest absolute Gasteiger partial charge is 0.311 e. The van der Waals surface area contributed by atoms with E-state index in [1.807, 2.05) is 36.6 Å². The molecule has 2 aromatic carbocycles. The van der Waals surface area contributed by atoms with Crippen molar-refractivity contribution in [1.29, 1.82) is 0 Å². The first-order chi connectivity index (χ1) is 14.5. The van der Waals surface area contributed by atoms with Gasteiger partial charge in [-0.05, 0) is 36.1 Å². The quantitative estimate of drug-likeness (QED) is 0.539. The van der Waals surface area contributed by atoms with E-state index >= 15 is 0 Å². The highest BCUT2D eigenvalue weighted by atomic mass is 32.2. The van der Waals surface area contributed by atoms with Crippen LogP contribution in [0.1, 0.15) is 12.0 Å². The number of rotatable bonds is 7. The zero-order valence-electron chi connectivity index (χ0n) is 16.5. The minimum absolute atomic E-state index is 0.0255. The molecule has 156 valence electrons. The number of esters is 1. The van der Waals surface area contributed by atoms with E-state index in [9.17, 15) is 19.2 Å². The maximum atomic E-state index is 12.3. The molecule has 1 unspecified atom stereocenters. The summed E-state index contributed by atoms with van der Waals surface area (Å²) in [5, 5.41) is 2.19. The van der Waals surface area contributed by atoms with Crippen molar-refractivity contribution in [3.63, 3.8) is 0 Å². The van der Waals surface area contributed by atoms with E-state index in [0.717, 1.165) is 16.1 Å². The zero-order valence-corrected chi connectivity index (χ0v) is 17.3. The molecule has 3 amide bonds. The van der Waals surface area contributed by atoms with E-state index in [1.165, 1.54) is 0 Å². The lowest BCUT2D eigenvalue weighted by Gasteiger charge is -2.16. The lowest BCUT2D eigenvalue weighted by molar-refractivity contribution is -0.153. The molecule has 1 N–H and O–H groups in total. The largest absolute Gasteiger partial charge is 0.455 e. The molecule has 1 heterocycles. The highest BCUT2D eigenvalue weighted by molar-refractivity contribution is 7.98. The van der Waals surface area contributed by atoms with Gasteiger partial charge in [-0.3, -0.25) is 24.5 Å². The van der Waals surface area contributed by atoms with Crippen LogP contribution in [0.2, 0.25) is 0 Å². The number of nitrogens with zero attached hydrogens (tertiary/aromatic N) is 1. The molecule has 2 aromatic rings. The predicted molar refractivity (Wildman–Crippen MR) is 113 cm³/mol. The molecule has 0 saturated carbocycles. The lowest BCUT2D eigenvalue weighted by Crippen LogP contribution is -2.36. The first-order valence-corrected chi connectivity index (χ1v) is 10.7. The molecule has 0 bridgehead atoms. The highest BCUT2D eigenvalue weighted by Crippen LogP contribution is 2.27. The molecule has 1 aliphatic rings. The second kappa shape index (κ2) is 10.1. The summed E-state index contributed by atoms with van der Waals surface area (Å²) in [5.41, 5.74) is 1.49. The van der Waals surface area contributed by atoms with Gasteiger partial charge in [0.1, 0.15) is 0 Å². The van der Waals surface area contributed by atoms with E-state index in [1.54, 1.807) is 40.9 Å². The zero-order chi connectivity index (χ0) is 21.5. The predicted octanol–water partition coefficient (Wildman–Crippen LogP) is 2.19. The third kappa shape index (κ3) is 5.70. The van der Waals surface area contributed by atoms with Crippen LogP contribution in [0.5, 0.6) is 0 Å². The number of nitrogens with one attached hydrogen (secondary N) is 1. The summed E-state index contributed by atoms with van der Waals surface area (Å²) in [4.78, 5) is 51.0. The van der Waals surface area contributed by atoms with Crippen molar-refractivity contribution < 1.29 is 23.9 Å². The number of hydrogen-bond acceptors (Lipinski definition) is 6. The standard InChI is InChI=1S/C22H22N2O5S/c1-30-18-9-7-17(8-10-18)24-13-16(12-21(24)27)22(28)29-14-20(26)23-19(25)11-15-5-3-2-4-6-15/h2-10,16H,11-14H2,1H3,(H,23,25,26). The van der Waals surface area contributed by atoms with Crippen LogP contribution in [-0.2, 0) is 30.3 Å². The van der Waals surface area contributed by atoms with E-state index in [4.69, 9.17) is 4.74 Å². The number of thioether (sulfide) groups is 1. The van der Waals surface area contributed by atoms with Gasteiger partial charge in [0.15, 0.2) is 6.61 Å². The van der Waals surface area contributed by atoms with Crippen LogP contribution >= 0.6 is 11.8 Å². The Balaban J connectivity index is 1.46. The Kier molecular flexibility index (Phi) is 7.24. The average Bonchev–Trinajstić information content (AvgIpc) is 3.14. The van der Waals surface area contributed by atoms with Crippen molar-refractivity contribution in [2.75, 3.05) is 24.3 Å². The Hall–Kier alpha value is -3.13. The van der Waals surface area contributed by atoms with Crippen molar-refractivity contribution in [2.24, 2.45) is 5.92 Å². The summed E-state index contributed by atoms with van der Waals surface area (Å²) in [6.07, 6.45) is 2.05. The van der Waals surface area contributed by atoms with E-state index in [0.29, 0.717) is 0 Å². The van der Waals surface area contributed by atoms with E-state index in [2.05, 4.69) is 5.32 Å². The Labute approximate surface area is 178 Å². The van der Waals surface area contributed by atoms with Crippen molar-refractivity contribution in [2.45, 2.75) is 17.7 Å². The summed E-state index contributed by atoms with van der Waals surface area (Å²) in [6.45, 7) is -0.364. The SMILES string of the molecule is CSc1ccc(N2CC(C(=O)OCC(=O)NC(=O)Cc3ccccc3)CC2=O)cc1. The molecule has 3 rings (SSSR count). The van der Waals surface area contributed by atoms with E-state index < -0.39 is 30.3 Å². The van der Waals surface area contributed by atoms with Crippen LogP contribution in [0.4, 0.5) is 5.69 Å². The van der Waals surface area contributed by atoms with Gasteiger partial charge in [-0.15, -0.1) is 11.8 Å². The fourth-order valence-corrected chi connectivity index (χ4v) is 3.56. The van der Waals surface area contributed by atoms with Crippen LogP contribution in [0.25, 0.3) is 0 Å². The molecule has 1 saturated heterocycles. The fourth-order valence-electron chi connectivity index (χ4n) is 3.15. The maximum Gasteiger partial charge on any atom is 0.311 e. The molecule has 0 aliphatic carbocycles. The van der Waals surface area contributed by atoms with Gasteiger partial charge in [-0.2, -0.15) is 0 Å². The number of carbonyl (C=O) groups excluding carboxylic acids is 4. The van der Waals surface area contributed by atoms with Crippen LogP contribution in [0.15, 0.2) is 59.5 Å². The molecular formula is C22H22N2O5S. The van der Waals surface area contributed by atoms with Crippen LogP contribution in [0.3, 0.4) is 0 Å². The molecule has 0 radical (unpaired) electrons. The third-order valence-corrected chi connectivity index (χ3v) is 5.42. The summed E-state index contributed by atoms with van der Waals surface area (Å²) in [5.74, 6) is -2.62. The van der Waals surface area contributed by atoms with Gasteiger partial charge in [0.2, 0.25) is 11.8 Å². The fraction of sp³-hybridized carbons (Fsp3) is 0.273. The van der Waals surface area contributed by atoms with Gasteiger partial charge in [0, 0.05) is 23.5 Å². The van der Waals surface area contributed by atoms with Crippen LogP contribution in [0, 0.1) is 5.92 Å². The first kappa shape index (κ1) is 21.6. The first-order valence-electron chi connectivity index (χ1n) is 9.44. The summed E-state index contributed by atoms with van der Waals surface area (Å²) in [6, 6.07) is 16.5. The average molecular weight is 426 g/mol. The molecule has 1 atom stereocenters. The van der Waals surface area contributed by atoms with Crippen molar-refractivity contribution in [3.05, 3.63) is 60.2 Å². The Morgan fingerprint density at radius 1 is 1.07 bits per heavy atom. The third-order valence-electron chi connectivity index (χ3n) is 4.67. The van der Waals surface area contributed by atoms with Crippen molar-refractivity contribution in [3.8, 4) is 0 Å². The van der Waals surface area contributed by atoms with Crippen molar-refractivity contribution >= 4 is 41.1 Å². The Morgan fingerprint density at radius 3 is 2.43 bits per heavy atom. The topological polar surface area (TPSA) is 92.8 Å². The minimum atomic E-state index is -0.696. The second-order valence-electron chi connectivity index (χ2n) is 6.84. The highest BCUT2D eigenvalue weighted by Gasteiger charge is 2.36. The molecule has 30 heavy (non-hydrogen) atoms. The molecule has 8 heteroatoms. The van der Waals surface area contributed by atoms with Gasteiger partial charge in [0.25, 0.3) is 5.91 Å². The number of hydrogen-bond donors (Lipinski definition) is 1.